The van der Waals surface area contributed by atoms with Gasteiger partial charge < -0.3 is 9.47 Å². The fourth-order valence-corrected chi connectivity index (χ4v) is 1.61. The summed E-state index contributed by atoms with van der Waals surface area (Å²) in [5.74, 6) is -1.62. The summed E-state index contributed by atoms with van der Waals surface area (Å²) in [4.78, 5) is 32.8. The summed E-state index contributed by atoms with van der Waals surface area (Å²) in [6.45, 7) is 0. The van der Waals surface area contributed by atoms with E-state index in [1.54, 1.807) is 0 Å². The summed E-state index contributed by atoms with van der Waals surface area (Å²) in [6.07, 6.45) is 0. The molecule has 102 valence electrons. The standard InChI is InChI=1S/C11H10ClNO6/c1-18-10(14)7-5-6(9(12)11(15)19-2)3-4-8(7)13(16)17/h3-5,9H,1-2H3. The molecule has 0 aromatic heterocycles. The number of nitro benzene ring substituents is 1. The number of halogens is 1. The number of rotatable bonds is 4. The molecule has 0 fully saturated rings. The molecule has 0 aliphatic heterocycles. The largest absolute Gasteiger partial charge is 0.468 e. The molecule has 1 atom stereocenters. The summed E-state index contributed by atoms with van der Waals surface area (Å²) in [6, 6.07) is 3.50. The molecule has 1 aromatic rings. The minimum Gasteiger partial charge on any atom is -0.468 e. The van der Waals surface area contributed by atoms with Crippen molar-refractivity contribution in [3.63, 3.8) is 0 Å². The number of ether oxygens (including phenoxy) is 2. The minimum atomic E-state index is -1.16. The maximum atomic E-state index is 11.5. The van der Waals surface area contributed by atoms with E-state index >= 15 is 0 Å². The average molecular weight is 288 g/mol. The molecule has 0 N–H and O–H groups in total. The van der Waals surface area contributed by atoms with Crippen LogP contribution in [0, 0.1) is 10.1 Å². The maximum Gasteiger partial charge on any atom is 0.344 e. The Hall–Kier alpha value is -2.15. The molecule has 1 aromatic carbocycles. The minimum absolute atomic E-state index is 0.208. The number of alkyl halides is 1. The van der Waals surface area contributed by atoms with E-state index in [1.165, 1.54) is 6.07 Å². The monoisotopic (exact) mass is 287 g/mol. The molecule has 19 heavy (non-hydrogen) atoms. The molecule has 0 saturated heterocycles. The van der Waals surface area contributed by atoms with Crippen LogP contribution in [-0.4, -0.2) is 31.1 Å². The van der Waals surface area contributed by atoms with E-state index in [0.29, 0.717) is 0 Å². The van der Waals surface area contributed by atoms with Crippen molar-refractivity contribution in [2.75, 3.05) is 14.2 Å². The van der Waals surface area contributed by atoms with Gasteiger partial charge in [-0.15, -0.1) is 11.6 Å². The molecule has 0 aliphatic rings. The third-order valence-electron chi connectivity index (χ3n) is 2.32. The summed E-state index contributed by atoms with van der Waals surface area (Å²) < 4.78 is 8.90. The number of benzene rings is 1. The summed E-state index contributed by atoms with van der Waals surface area (Å²) >= 11 is 5.81. The molecular weight excluding hydrogens is 278 g/mol. The topological polar surface area (TPSA) is 95.7 Å². The van der Waals surface area contributed by atoms with E-state index in [4.69, 9.17) is 11.6 Å². The van der Waals surface area contributed by atoms with E-state index < -0.39 is 27.9 Å². The Morgan fingerprint density at radius 3 is 2.42 bits per heavy atom. The molecule has 0 radical (unpaired) electrons. The van der Waals surface area contributed by atoms with Crippen molar-refractivity contribution < 1.29 is 24.0 Å². The second-order valence-electron chi connectivity index (χ2n) is 3.41. The van der Waals surface area contributed by atoms with Crippen LogP contribution in [0.4, 0.5) is 5.69 Å². The zero-order chi connectivity index (χ0) is 14.6. The van der Waals surface area contributed by atoms with Gasteiger partial charge in [0.15, 0.2) is 5.38 Å². The van der Waals surface area contributed by atoms with E-state index in [2.05, 4.69) is 9.47 Å². The van der Waals surface area contributed by atoms with Crippen LogP contribution >= 0.6 is 11.6 Å². The van der Waals surface area contributed by atoms with Gasteiger partial charge in [0, 0.05) is 6.07 Å². The predicted octanol–water partition coefficient (Wildman–Crippen LogP) is 1.83. The Morgan fingerprint density at radius 2 is 1.95 bits per heavy atom. The van der Waals surface area contributed by atoms with E-state index in [0.717, 1.165) is 26.4 Å². The Morgan fingerprint density at radius 1 is 1.32 bits per heavy atom. The average Bonchev–Trinajstić information content (AvgIpc) is 2.43. The third kappa shape index (κ3) is 3.19. The lowest BCUT2D eigenvalue weighted by Gasteiger charge is -2.09. The molecule has 7 nitrogen and oxygen atoms in total. The maximum absolute atomic E-state index is 11.5. The molecule has 8 heteroatoms. The normalized spacial score (nSPS) is 11.5. The fraction of sp³-hybridized carbons (Fsp3) is 0.273. The highest BCUT2D eigenvalue weighted by atomic mass is 35.5. The number of nitro groups is 1. The quantitative estimate of drug-likeness (QED) is 0.363. The first-order valence-electron chi connectivity index (χ1n) is 5.01. The third-order valence-corrected chi connectivity index (χ3v) is 2.75. The van der Waals surface area contributed by atoms with Crippen molar-refractivity contribution in [2.45, 2.75) is 5.38 Å². The molecule has 1 unspecified atom stereocenters. The van der Waals surface area contributed by atoms with E-state index in [1.807, 2.05) is 0 Å². The van der Waals surface area contributed by atoms with Gasteiger partial charge in [0.1, 0.15) is 5.56 Å². The second-order valence-corrected chi connectivity index (χ2v) is 3.85. The van der Waals surface area contributed by atoms with Crippen molar-refractivity contribution in [3.05, 3.63) is 39.4 Å². The predicted molar refractivity (Wildman–Crippen MR) is 65.0 cm³/mol. The van der Waals surface area contributed by atoms with Gasteiger partial charge >= 0.3 is 11.9 Å². The van der Waals surface area contributed by atoms with Crippen molar-refractivity contribution in [3.8, 4) is 0 Å². The van der Waals surface area contributed by atoms with Crippen LogP contribution in [0.15, 0.2) is 18.2 Å². The molecule has 0 saturated carbocycles. The van der Waals surface area contributed by atoms with Crippen LogP contribution in [0.5, 0.6) is 0 Å². The number of hydrogen-bond donors (Lipinski definition) is 0. The van der Waals surface area contributed by atoms with Crippen molar-refractivity contribution in [1.82, 2.24) is 0 Å². The van der Waals surface area contributed by atoms with Gasteiger partial charge in [0.2, 0.25) is 0 Å². The Bertz CT molecular complexity index is 530. The number of hydrogen-bond acceptors (Lipinski definition) is 6. The van der Waals surface area contributed by atoms with Gasteiger partial charge in [-0.2, -0.15) is 0 Å². The van der Waals surface area contributed by atoms with Crippen molar-refractivity contribution in [2.24, 2.45) is 0 Å². The van der Waals surface area contributed by atoms with Crippen LogP contribution < -0.4 is 0 Å². The van der Waals surface area contributed by atoms with Gasteiger partial charge in [-0.25, -0.2) is 4.79 Å². The molecule has 0 aliphatic carbocycles. The van der Waals surface area contributed by atoms with Crippen molar-refractivity contribution >= 4 is 29.2 Å². The molecule has 0 bridgehead atoms. The highest BCUT2D eigenvalue weighted by molar-refractivity contribution is 6.30. The van der Waals surface area contributed by atoms with Crippen LogP contribution in [0.2, 0.25) is 0 Å². The molecule has 0 spiro atoms. The first-order chi connectivity index (χ1) is 8.92. The molecule has 0 heterocycles. The number of methoxy groups -OCH3 is 2. The SMILES string of the molecule is COC(=O)c1cc(C(Cl)C(=O)OC)ccc1[N+](=O)[O-]. The summed E-state index contributed by atoms with van der Waals surface area (Å²) in [5.41, 5.74) is -0.497. The lowest BCUT2D eigenvalue weighted by Crippen LogP contribution is -2.11. The lowest BCUT2D eigenvalue weighted by molar-refractivity contribution is -0.385. The molecular formula is C11H10ClNO6. The van der Waals surface area contributed by atoms with Crippen molar-refractivity contribution in [1.29, 1.82) is 0 Å². The van der Waals surface area contributed by atoms with Crippen LogP contribution in [0.25, 0.3) is 0 Å². The van der Waals surface area contributed by atoms with Gasteiger partial charge in [-0.1, -0.05) is 6.07 Å². The zero-order valence-corrected chi connectivity index (χ0v) is 10.8. The number of carbonyl (C=O) groups is 2. The smallest absolute Gasteiger partial charge is 0.344 e. The van der Waals surface area contributed by atoms with Crippen LogP contribution in [-0.2, 0) is 14.3 Å². The van der Waals surface area contributed by atoms with Gasteiger partial charge in [-0.3, -0.25) is 14.9 Å². The second kappa shape index (κ2) is 6.14. The highest BCUT2D eigenvalue weighted by Gasteiger charge is 2.25. The number of nitrogens with zero attached hydrogens (tertiary/aromatic N) is 1. The van der Waals surface area contributed by atoms with E-state index in [-0.39, 0.29) is 11.1 Å². The first-order valence-corrected chi connectivity index (χ1v) is 5.44. The fourth-order valence-electron chi connectivity index (χ4n) is 1.38. The molecule has 1 rings (SSSR count). The zero-order valence-electron chi connectivity index (χ0n) is 10.1. The van der Waals surface area contributed by atoms with Gasteiger partial charge in [0.25, 0.3) is 5.69 Å². The van der Waals surface area contributed by atoms with Gasteiger partial charge in [-0.05, 0) is 11.6 Å². The van der Waals surface area contributed by atoms with E-state index in [9.17, 15) is 19.7 Å². The Balaban J connectivity index is 3.29. The number of carbonyl (C=O) groups excluding carboxylic acids is 2. The van der Waals surface area contributed by atoms with Gasteiger partial charge in [0.05, 0.1) is 19.1 Å². The Labute approximate surface area is 113 Å². The molecule has 0 amide bonds. The summed E-state index contributed by atoms with van der Waals surface area (Å²) in [5, 5.41) is 9.63. The van der Waals surface area contributed by atoms with Crippen LogP contribution in [0.3, 0.4) is 0 Å². The number of esters is 2. The lowest BCUT2D eigenvalue weighted by atomic mass is 10.1. The highest BCUT2D eigenvalue weighted by Crippen LogP contribution is 2.28. The first kappa shape index (κ1) is 14.9. The van der Waals surface area contributed by atoms with Crippen LogP contribution in [0.1, 0.15) is 21.3 Å². The summed E-state index contributed by atoms with van der Waals surface area (Å²) in [7, 11) is 2.25. The Kier molecular flexibility index (Phi) is 4.82.